The van der Waals surface area contributed by atoms with Crippen LogP contribution in [0.4, 0.5) is 8.78 Å². The van der Waals surface area contributed by atoms with Crippen LogP contribution in [0.25, 0.3) is 0 Å². The molecule has 0 saturated heterocycles. The summed E-state index contributed by atoms with van der Waals surface area (Å²) < 4.78 is 24.4. The van der Waals surface area contributed by atoms with Gasteiger partial charge in [0, 0.05) is 0 Å². The Bertz CT molecular complexity index is 245. The quantitative estimate of drug-likeness (QED) is 0.683. The smallest absolute Gasteiger partial charge is 0.232 e. The van der Waals surface area contributed by atoms with E-state index >= 15 is 0 Å². The van der Waals surface area contributed by atoms with Crippen molar-refractivity contribution in [1.82, 2.24) is 9.97 Å². The Labute approximate surface area is 70.8 Å². The van der Waals surface area contributed by atoms with Crippen molar-refractivity contribution in [3.63, 3.8) is 0 Å². The molecule has 0 aliphatic carbocycles. The van der Waals surface area contributed by atoms with Gasteiger partial charge in [0.15, 0.2) is 0 Å². The van der Waals surface area contributed by atoms with Gasteiger partial charge in [-0.25, -0.2) is 18.7 Å². The van der Waals surface area contributed by atoms with E-state index in [1.54, 1.807) is 6.92 Å². The fourth-order valence-corrected chi connectivity index (χ4v) is 1.16. The van der Waals surface area contributed by atoms with Crippen LogP contribution in [0.1, 0.15) is 17.9 Å². The molecule has 1 aromatic heterocycles. The molecule has 1 aromatic rings. The lowest BCUT2D eigenvalue weighted by molar-refractivity contribution is 0.145. The summed E-state index contributed by atoms with van der Waals surface area (Å²) in [5.74, 6) is 0.342. The normalized spacial score (nSPS) is 10.6. The fourth-order valence-electron chi connectivity index (χ4n) is 0.665. The van der Waals surface area contributed by atoms with Gasteiger partial charge < -0.3 is 0 Å². The zero-order valence-corrected chi connectivity index (χ0v) is 7.27. The number of alkyl halides is 2. The molecular formula is C6H5BrF2N2. The first-order valence-corrected chi connectivity index (χ1v) is 3.68. The van der Waals surface area contributed by atoms with Crippen LogP contribution in [0.3, 0.4) is 0 Å². The van der Waals surface area contributed by atoms with Crippen LogP contribution in [0.15, 0.2) is 10.7 Å². The molecule has 0 unspecified atom stereocenters. The Morgan fingerprint density at radius 3 is 2.55 bits per heavy atom. The van der Waals surface area contributed by atoms with E-state index in [0.717, 1.165) is 0 Å². The van der Waals surface area contributed by atoms with E-state index in [4.69, 9.17) is 0 Å². The minimum absolute atomic E-state index is 0.246. The Balaban J connectivity index is 3.08. The molecule has 2 nitrogen and oxygen atoms in total. The molecule has 0 aliphatic heterocycles. The molecule has 60 valence electrons. The second-order valence-corrected chi connectivity index (χ2v) is 2.78. The summed E-state index contributed by atoms with van der Waals surface area (Å²) in [5, 5.41) is 0. The molecule has 0 spiro atoms. The highest BCUT2D eigenvalue weighted by atomic mass is 79.9. The van der Waals surface area contributed by atoms with Crippen LogP contribution in [-0.2, 0) is 0 Å². The van der Waals surface area contributed by atoms with E-state index in [1.165, 1.54) is 6.07 Å². The third kappa shape index (κ3) is 2.18. The predicted octanol–water partition coefficient (Wildman–Crippen LogP) is 2.49. The minimum Gasteiger partial charge on any atom is -0.232 e. The molecule has 1 rings (SSSR count). The third-order valence-electron chi connectivity index (χ3n) is 1.05. The zero-order valence-electron chi connectivity index (χ0n) is 5.68. The van der Waals surface area contributed by atoms with Gasteiger partial charge in [0.05, 0.1) is 0 Å². The van der Waals surface area contributed by atoms with Gasteiger partial charge in [-0.1, -0.05) is 0 Å². The zero-order chi connectivity index (χ0) is 8.43. The molecule has 5 heteroatoms. The molecule has 0 fully saturated rings. The number of hydrogen-bond donors (Lipinski definition) is 0. The summed E-state index contributed by atoms with van der Waals surface area (Å²) in [6.45, 7) is 1.57. The van der Waals surface area contributed by atoms with Crippen molar-refractivity contribution in [2.45, 2.75) is 13.3 Å². The van der Waals surface area contributed by atoms with Crippen molar-refractivity contribution in [2.24, 2.45) is 0 Å². The van der Waals surface area contributed by atoms with Crippen molar-refractivity contribution in [2.75, 3.05) is 0 Å². The van der Waals surface area contributed by atoms with Crippen LogP contribution in [0.2, 0.25) is 0 Å². The lowest BCUT2D eigenvalue weighted by Crippen LogP contribution is -1.95. The number of rotatable bonds is 1. The maximum absolute atomic E-state index is 12.0. The maximum atomic E-state index is 12.0. The standard InChI is InChI=1S/C6H5BrF2N2/c1-3-10-4(6(8)9)2-5(7)11-3/h2,6H,1H3. The van der Waals surface area contributed by atoms with Gasteiger partial charge in [-0.2, -0.15) is 0 Å². The summed E-state index contributed by atoms with van der Waals surface area (Å²) in [6, 6.07) is 1.21. The van der Waals surface area contributed by atoms with E-state index in [1.807, 2.05) is 0 Å². The summed E-state index contributed by atoms with van der Waals surface area (Å²) >= 11 is 3.00. The summed E-state index contributed by atoms with van der Waals surface area (Å²) in [4.78, 5) is 7.33. The van der Waals surface area contributed by atoms with Crippen LogP contribution in [0.5, 0.6) is 0 Å². The maximum Gasteiger partial charge on any atom is 0.280 e. The molecule has 0 N–H and O–H groups in total. The summed E-state index contributed by atoms with van der Waals surface area (Å²) in [7, 11) is 0. The molecule has 0 saturated carbocycles. The van der Waals surface area contributed by atoms with Crippen molar-refractivity contribution in [3.8, 4) is 0 Å². The SMILES string of the molecule is Cc1nc(Br)cc(C(F)F)n1. The molecule has 1 heterocycles. The van der Waals surface area contributed by atoms with Crippen LogP contribution in [0, 0.1) is 6.92 Å². The van der Waals surface area contributed by atoms with Gasteiger partial charge in [0.25, 0.3) is 6.43 Å². The van der Waals surface area contributed by atoms with Gasteiger partial charge in [-0.15, -0.1) is 0 Å². The Hall–Kier alpha value is -0.580. The molecular weight excluding hydrogens is 218 g/mol. The topological polar surface area (TPSA) is 25.8 Å². The van der Waals surface area contributed by atoms with Crippen LogP contribution in [-0.4, -0.2) is 9.97 Å². The highest BCUT2D eigenvalue weighted by Crippen LogP contribution is 2.18. The third-order valence-corrected chi connectivity index (χ3v) is 1.46. The molecule has 0 aromatic carbocycles. The van der Waals surface area contributed by atoms with Crippen molar-refractivity contribution in [1.29, 1.82) is 0 Å². The van der Waals surface area contributed by atoms with Gasteiger partial charge in [-0.3, -0.25) is 0 Å². The second kappa shape index (κ2) is 3.21. The van der Waals surface area contributed by atoms with Crippen molar-refractivity contribution < 1.29 is 8.78 Å². The number of nitrogens with zero attached hydrogens (tertiary/aromatic N) is 2. The highest BCUT2D eigenvalue weighted by Gasteiger charge is 2.09. The predicted molar refractivity (Wildman–Crippen MR) is 39.4 cm³/mol. The first-order chi connectivity index (χ1) is 5.09. The van der Waals surface area contributed by atoms with E-state index in [0.29, 0.717) is 10.4 Å². The molecule has 11 heavy (non-hydrogen) atoms. The fraction of sp³-hybridized carbons (Fsp3) is 0.333. The van der Waals surface area contributed by atoms with E-state index in [-0.39, 0.29) is 5.69 Å². The largest absolute Gasteiger partial charge is 0.280 e. The van der Waals surface area contributed by atoms with E-state index < -0.39 is 6.43 Å². The number of hydrogen-bond acceptors (Lipinski definition) is 2. The lowest BCUT2D eigenvalue weighted by atomic mass is 10.4. The first-order valence-electron chi connectivity index (χ1n) is 2.89. The summed E-state index contributed by atoms with van der Waals surface area (Å²) in [5.41, 5.74) is -0.246. The average Bonchev–Trinajstić information content (AvgIpc) is 1.85. The Morgan fingerprint density at radius 1 is 1.45 bits per heavy atom. The summed E-state index contributed by atoms with van der Waals surface area (Å²) in [6.07, 6.45) is -2.53. The molecule has 0 bridgehead atoms. The van der Waals surface area contributed by atoms with Gasteiger partial charge in [-0.05, 0) is 28.9 Å². The lowest BCUT2D eigenvalue weighted by Gasteiger charge is -1.99. The minimum atomic E-state index is -2.53. The monoisotopic (exact) mass is 222 g/mol. The Kier molecular flexibility index (Phi) is 2.49. The Morgan fingerprint density at radius 2 is 2.09 bits per heavy atom. The first kappa shape index (κ1) is 8.52. The molecule has 0 amide bonds. The van der Waals surface area contributed by atoms with Crippen molar-refractivity contribution >= 4 is 15.9 Å². The second-order valence-electron chi connectivity index (χ2n) is 1.96. The average molecular weight is 223 g/mol. The molecule has 0 aliphatic rings. The molecule has 0 atom stereocenters. The van der Waals surface area contributed by atoms with Crippen molar-refractivity contribution in [3.05, 3.63) is 22.2 Å². The van der Waals surface area contributed by atoms with Gasteiger partial charge in [0.2, 0.25) is 0 Å². The van der Waals surface area contributed by atoms with E-state index in [2.05, 4.69) is 25.9 Å². The number of halogens is 3. The molecule has 0 radical (unpaired) electrons. The van der Waals surface area contributed by atoms with Gasteiger partial charge >= 0.3 is 0 Å². The number of aryl methyl sites for hydroxylation is 1. The van der Waals surface area contributed by atoms with Crippen LogP contribution >= 0.6 is 15.9 Å². The van der Waals surface area contributed by atoms with E-state index in [9.17, 15) is 8.78 Å². The number of aromatic nitrogens is 2. The van der Waals surface area contributed by atoms with Crippen LogP contribution < -0.4 is 0 Å². The highest BCUT2D eigenvalue weighted by molar-refractivity contribution is 9.10. The van der Waals surface area contributed by atoms with Gasteiger partial charge in [0.1, 0.15) is 16.1 Å².